The molecule has 1 rings (SSSR count). The van der Waals surface area contributed by atoms with Crippen molar-refractivity contribution in [3.63, 3.8) is 0 Å². The Kier molecular flexibility index (Phi) is 3.41. The third kappa shape index (κ3) is 2.69. The molecule has 0 radical (unpaired) electrons. The Labute approximate surface area is 91.5 Å². The van der Waals surface area contributed by atoms with Gasteiger partial charge >= 0.3 is 0 Å². The lowest BCUT2D eigenvalue weighted by molar-refractivity contribution is -0.141. The van der Waals surface area contributed by atoms with Crippen LogP contribution in [0.5, 0.6) is 0 Å². The van der Waals surface area contributed by atoms with E-state index in [1.165, 1.54) is 7.11 Å². The molecule has 0 aliphatic heterocycles. The van der Waals surface area contributed by atoms with Crippen LogP contribution in [0.25, 0.3) is 0 Å². The molecule has 3 N–H and O–H groups in total. The summed E-state index contributed by atoms with van der Waals surface area (Å²) in [5.41, 5.74) is 4.67. The standard InChI is InChI=1S/C11H22N2O2/c1-10(2,15-4)9(14)13-11(3,7-12)8-5-6-8/h8H,5-7,12H2,1-4H3,(H,13,14). The molecule has 4 nitrogen and oxygen atoms in total. The Morgan fingerprint density at radius 1 is 1.47 bits per heavy atom. The van der Waals surface area contributed by atoms with E-state index in [-0.39, 0.29) is 11.4 Å². The lowest BCUT2D eigenvalue weighted by atomic mass is 9.94. The minimum Gasteiger partial charge on any atom is -0.369 e. The molecule has 1 atom stereocenters. The summed E-state index contributed by atoms with van der Waals surface area (Å²) in [5, 5.41) is 3.01. The van der Waals surface area contributed by atoms with Crippen molar-refractivity contribution in [3.05, 3.63) is 0 Å². The summed E-state index contributed by atoms with van der Waals surface area (Å²) in [5.74, 6) is 0.434. The fraction of sp³-hybridized carbons (Fsp3) is 0.909. The molecule has 0 bridgehead atoms. The maximum Gasteiger partial charge on any atom is 0.252 e. The van der Waals surface area contributed by atoms with Gasteiger partial charge in [-0.3, -0.25) is 4.79 Å². The van der Waals surface area contributed by atoms with Crippen LogP contribution in [0.4, 0.5) is 0 Å². The summed E-state index contributed by atoms with van der Waals surface area (Å²) in [7, 11) is 1.54. The summed E-state index contributed by atoms with van der Waals surface area (Å²) in [6, 6.07) is 0. The van der Waals surface area contributed by atoms with Gasteiger partial charge in [0, 0.05) is 13.7 Å². The van der Waals surface area contributed by atoms with E-state index >= 15 is 0 Å². The topological polar surface area (TPSA) is 64.3 Å². The van der Waals surface area contributed by atoms with Gasteiger partial charge in [-0.1, -0.05) is 0 Å². The van der Waals surface area contributed by atoms with Gasteiger partial charge in [-0.2, -0.15) is 0 Å². The number of nitrogens with one attached hydrogen (secondary N) is 1. The van der Waals surface area contributed by atoms with Crippen molar-refractivity contribution in [1.82, 2.24) is 5.32 Å². The van der Waals surface area contributed by atoms with Crippen LogP contribution in [0.3, 0.4) is 0 Å². The van der Waals surface area contributed by atoms with E-state index in [0.717, 1.165) is 12.8 Å². The minimum absolute atomic E-state index is 0.0927. The number of nitrogens with two attached hydrogens (primary N) is 1. The van der Waals surface area contributed by atoms with Crippen LogP contribution in [0.1, 0.15) is 33.6 Å². The Morgan fingerprint density at radius 2 is 2.00 bits per heavy atom. The summed E-state index contributed by atoms with van der Waals surface area (Å²) in [6.07, 6.45) is 2.31. The van der Waals surface area contributed by atoms with E-state index in [1.807, 2.05) is 6.92 Å². The zero-order chi connectivity index (χ0) is 11.7. The first-order valence-electron chi connectivity index (χ1n) is 5.43. The van der Waals surface area contributed by atoms with Gasteiger partial charge in [-0.25, -0.2) is 0 Å². The molecule has 1 unspecified atom stereocenters. The molecule has 1 saturated carbocycles. The quantitative estimate of drug-likeness (QED) is 0.706. The Morgan fingerprint density at radius 3 is 2.33 bits per heavy atom. The van der Waals surface area contributed by atoms with E-state index < -0.39 is 5.60 Å². The first kappa shape index (κ1) is 12.5. The highest BCUT2D eigenvalue weighted by Gasteiger charge is 2.43. The summed E-state index contributed by atoms with van der Waals surface area (Å²) in [4.78, 5) is 11.9. The third-order valence-electron chi connectivity index (χ3n) is 3.36. The van der Waals surface area contributed by atoms with Gasteiger partial charge in [-0.05, 0) is 39.5 Å². The highest BCUT2D eigenvalue weighted by Crippen LogP contribution is 2.39. The van der Waals surface area contributed by atoms with E-state index in [2.05, 4.69) is 5.32 Å². The summed E-state index contributed by atoms with van der Waals surface area (Å²) >= 11 is 0. The van der Waals surface area contributed by atoms with Gasteiger partial charge in [0.15, 0.2) is 0 Å². The van der Waals surface area contributed by atoms with Crippen LogP contribution in [-0.4, -0.2) is 30.7 Å². The van der Waals surface area contributed by atoms with Crippen molar-refractivity contribution < 1.29 is 9.53 Å². The lowest BCUT2D eigenvalue weighted by Crippen LogP contribution is -2.58. The summed E-state index contributed by atoms with van der Waals surface area (Å²) in [6.45, 7) is 6.00. The van der Waals surface area contributed by atoms with Crippen molar-refractivity contribution in [1.29, 1.82) is 0 Å². The lowest BCUT2D eigenvalue weighted by Gasteiger charge is -2.33. The molecule has 1 fully saturated rings. The zero-order valence-corrected chi connectivity index (χ0v) is 10.1. The SMILES string of the molecule is COC(C)(C)C(=O)NC(C)(CN)C1CC1. The van der Waals surface area contributed by atoms with Crippen LogP contribution in [0, 0.1) is 5.92 Å². The smallest absolute Gasteiger partial charge is 0.252 e. The maximum atomic E-state index is 11.9. The molecule has 15 heavy (non-hydrogen) atoms. The van der Waals surface area contributed by atoms with Crippen molar-refractivity contribution >= 4 is 5.91 Å². The third-order valence-corrected chi connectivity index (χ3v) is 3.36. The number of carbonyl (C=O) groups excluding carboxylic acids is 1. The number of hydrogen-bond acceptors (Lipinski definition) is 3. The average Bonchev–Trinajstić information content (AvgIpc) is 3.00. The van der Waals surface area contributed by atoms with E-state index in [4.69, 9.17) is 10.5 Å². The number of hydrogen-bond donors (Lipinski definition) is 2. The molecule has 1 aliphatic rings. The summed E-state index contributed by atoms with van der Waals surface area (Å²) < 4.78 is 5.14. The monoisotopic (exact) mass is 214 g/mol. The predicted octanol–water partition coefficient (Wildman–Crippen LogP) is 0.655. The normalized spacial score (nSPS) is 20.9. The number of amides is 1. The number of carbonyl (C=O) groups is 1. The second-order valence-electron chi connectivity index (χ2n) is 5.06. The van der Waals surface area contributed by atoms with Gasteiger partial charge in [-0.15, -0.1) is 0 Å². The zero-order valence-electron chi connectivity index (χ0n) is 10.1. The van der Waals surface area contributed by atoms with Crippen LogP contribution in [-0.2, 0) is 9.53 Å². The molecule has 4 heteroatoms. The van der Waals surface area contributed by atoms with E-state index in [1.54, 1.807) is 13.8 Å². The number of rotatable bonds is 5. The Hall–Kier alpha value is -0.610. The van der Waals surface area contributed by atoms with Gasteiger partial charge < -0.3 is 15.8 Å². The minimum atomic E-state index is -0.786. The Balaban J connectivity index is 2.63. The van der Waals surface area contributed by atoms with Crippen molar-refractivity contribution in [3.8, 4) is 0 Å². The van der Waals surface area contributed by atoms with Crippen molar-refractivity contribution in [2.24, 2.45) is 11.7 Å². The van der Waals surface area contributed by atoms with Gasteiger partial charge in [0.05, 0.1) is 5.54 Å². The molecule has 0 saturated heterocycles. The highest BCUT2D eigenvalue weighted by atomic mass is 16.5. The second-order valence-corrected chi connectivity index (χ2v) is 5.06. The maximum absolute atomic E-state index is 11.9. The molecule has 0 aromatic carbocycles. The molecule has 0 aromatic rings. The highest BCUT2D eigenvalue weighted by molar-refractivity contribution is 5.85. The van der Waals surface area contributed by atoms with Gasteiger partial charge in [0.2, 0.25) is 0 Å². The van der Waals surface area contributed by atoms with Gasteiger partial charge in [0.1, 0.15) is 5.60 Å². The van der Waals surface area contributed by atoms with Crippen molar-refractivity contribution in [2.45, 2.75) is 44.8 Å². The fourth-order valence-electron chi connectivity index (χ4n) is 1.54. The molecule has 88 valence electrons. The molecule has 0 spiro atoms. The van der Waals surface area contributed by atoms with Crippen molar-refractivity contribution in [2.75, 3.05) is 13.7 Å². The van der Waals surface area contributed by atoms with Crippen LogP contribution < -0.4 is 11.1 Å². The van der Waals surface area contributed by atoms with Crippen LogP contribution in [0.2, 0.25) is 0 Å². The van der Waals surface area contributed by atoms with Crippen LogP contribution >= 0.6 is 0 Å². The number of methoxy groups -OCH3 is 1. The number of ether oxygens (including phenoxy) is 1. The van der Waals surface area contributed by atoms with Crippen LogP contribution in [0.15, 0.2) is 0 Å². The van der Waals surface area contributed by atoms with Gasteiger partial charge in [0.25, 0.3) is 5.91 Å². The second kappa shape index (κ2) is 4.10. The van der Waals surface area contributed by atoms with E-state index in [0.29, 0.717) is 12.5 Å². The molecule has 0 aromatic heterocycles. The molecule has 1 amide bonds. The molecular formula is C11H22N2O2. The molecule has 0 heterocycles. The largest absolute Gasteiger partial charge is 0.369 e. The fourth-order valence-corrected chi connectivity index (χ4v) is 1.54. The van der Waals surface area contributed by atoms with E-state index in [9.17, 15) is 4.79 Å². The predicted molar refractivity (Wildman–Crippen MR) is 59.4 cm³/mol. The first-order valence-corrected chi connectivity index (χ1v) is 5.43. The first-order chi connectivity index (χ1) is 6.85. The molecule has 1 aliphatic carbocycles. The Bertz CT molecular complexity index is 249. The average molecular weight is 214 g/mol. The molecular weight excluding hydrogens is 192 g/mol.